The fourth-order valence-corrected chi connectivity index (χ4v) is 3.27. The molecule has 2 aliphatic rings. The van der Waals surface area contributed by atoms with Crippen molar-refractivity contribution in [1.82, 2.24) is 10.6 Å². The van der Waals surface area contributed by atoms with Crippen LogP contribution in [0.15, 0.2) is 65.5 Å². The SMILES string of the molecule is N=C(N)C(/C=C(\N)c1ccccc1O)=C1C=CC=C(C2CCNCC2)N1. The summed E-state index contributed by atoms with van der Waals surface area (Å²) in [5, 5.41) is 24.7. The lowest BCUT2D eigenvalue weighted by molar-refractivity contribution is 0.407. The fraction of sp³-hybridized carbons (Fsp3) is 0.250. The standard InChI is InChI=1S/C20H25N5O/c21-16(14-4-1-2-7-19(14)26)12-15(20(22)23)18-6-3-5-17(25-18)13-8-10-24-11-9-13/h1-7,12-13,24-26H,8-11,21H2,(H3,22,23)/b16-12-,18-15?. The summed E-state index contributed by atoms with van der Waals surface area (Å²) in [6.45, 7) is 2.01. The quantitative estimate of drug-likeness (QED) is 0.366. The summed E-state index contributed by atoms with van der Waals surface area (Å²) in [7, 11) is 0. The normalized spacial score (nSPS) is 20.3. The lowest BCUT2D eigenvalue weighted by Crippen LogP contribution is -2.33. The monoisotopic (exact) mass is 351 g/mol. The van der Waals surface area contributed by atoms with Gasteiger partial charge in [0, 0.05) is 34.1 Å². The molecule has 26 heavy (non-hydrogen) atoms. The molecule has 0 spiro atoms. The first-order valence-electron chi connectivity index (χ1n) is 8.76. The number of phenolic OH excluding ortho intramolecular Hbond substituents is 1. The zero-order valence-electron chi connectivity index (χ0n) is 14.6. The van der Waals surface area contributed by atoms with Gasteiger partial charge in [0.25, 0.3) is 0 Å². The lowest BCUT2D eigenvalue weighted by atomic mass is 9.92. The van der Waals surface area contributed by atoms with Crippen molar-refractivity contribution < 1.29 is 5.11 Å². The van der Waals surface area contributed by atoms with Crippen molar-refractivity contribution in [2.24, 2.45) is 17.4 Å². The molecule has 0 aliphatic carbocycles. The van der Waals surface area contributed by atoms with Crippen LogP contribution in [0.2, 0.25) is 0 Å². The summed E-state index contributed by atoms with van der Waals surface area (Å²) in [6, 6.07) is 6.84. The average Bonchev–Trinajstić information content (AvgIpc) is 2.67. The number of hydrogen-bond acceptors (Lipinski definition) is 5. The predicted molar refractivity (Wildman–Crippen MR) is 105 cm³/mol. The zero-order chi connectivity index (χ0) is 18.5. The third kappa shape index (κ3) is 3.97. The highest BCUT2D eigenvalue weighted by Crippen LogP contribution is 2.26. The van der Waals surface area contributed by atoms with Crippen molar-refractivity contribution in [2.45, 2.75) is 12.8 Å². The predicted octanol–water partition coefficient (Wildman–Crippen LogP) is 1.92. The molecule has 0 unspecified atom stereocenters. The summed E-state index contributed by atoms with van der Waals surface area (Å²) < 4.78 is 0. The number of nitrogens with two attached hydrogens (primary N) is 2. The number of dihydropyridines is 1. The summed E-state index contributed by atoms with van der Waals surface area (Å²) >= 11 is 0. The van der Waals surface area contributed by atoms with E-state index in [0.717, 1.165) is 37.3 Å². The van der Waals surface area contributed by atoms with Crippen molar-refractivity contribution in [1.29, 1.82) is 5.41 Å². The molecular formula is C20H25N5O. The Labute approximate surface area is 153 Å². The van der Waals surface area contributed by atoms with E-state index in [0.29, 0.717) is 22.8 Å². The van der Waals surface area contributed by atoms with Gasteiger partial charge in [0.05, 0.1) is 0 Å². The van der Waals surface area contributed by atoms with Gasteiger partial charge in [0.1, 0.15) is 11.6 Å². The van der Waals surface area contributed by atoms with Gasteiger partial charge in [-0.25, -0.2) is 0 Å². The van der Waals surface area contributed by atoms with Crippen molar-refractivity contribution in [3.8, 4) is 5.75 Å². The summed E-state index contributed by atoms with van der Waals surface area (Å²) in [4.78, 5) is 0. The van der Waals surface area contributed by atoms with Crippen molar-refractivity contribution in [2.75, 3.05) is 13.1 Å². The molecule has 2 aliphatic heterocycles. The van der Waals surface area contributed by atoms with Crippen molar-refractivity contribution in [3.63, 3.8) is 0 Å². The van der Waals surface area contributed by atoms with Gasteiger partial charge in [-0.1, -0.05) is 18.2 Å². The van der Waals surface area contributed by atoms with Gasteiger partial charge < -0.3 is 27.2 Å². The second kappa shape index (κ2) is 7.93. The number of rotatable bonds is 4. The minimum atomic E-state index is -0.0814. The Morgan fingerprint density at radius 3 is 2.62 bits per heavy atom. The van der Waals surface area contributed by atoms with Crippen LogP contribution in [0, 0.1) is 11.3 Å². The zero-order valence-corrected chi connectivity index (χ0v) is 14.6. The van der Waals surface area contributed by atoms with E-state index in [1.807, 2.05) is 12.2 Å². The Kier molecular flexibility index (Phi) is 5.43. The van der Waals surface area contributed by atoms with Gasteiger partial charge in [-0.2, -0.15) is 0 Å². The van der Waals surface area contributed by atoms with Crippen LogP contribution < -0.4 is 22.1 Å². The van der Waals surface area contributed by atoms with Crippen LogP contribution in [0.4, 0.5) is 0 Å². The molecule has 136 valence electrons. The van der Waals surface area contributed by atoms with Crippen molar-refractivity contribution >= 4 is 11.5 Å². The molecule has 3 rings (SSSR count). The molecule has 6 heteroatoms. The number of hydrogen-bond donors (Lipinski definition) is 6. The molecule has 1 saturated heterocycles. The largest absolute Gasteiger partial charge is 0.507 e. The number of benzene rings is 1. The number of allylic oxidation sites excluding steroid dienone is 4. The molecule has 0 aromatic heterocycles. The first-order chi connectivity index (χ1) is 12.6. The molecule has 0 amide bonds. The highest BCUT2D eigenvalue weighted by atomic mass is 16.3. The summed E-state index contributed by atoms with van der Waals surface area (Å²) in [5.41, 5.74) is 15.2. The third-order valence-corrected chi connectivity index (χ3v) is 4.69. The summed E-state index contributed by atoms with van der Waals surface area (Å²) in [6.07, 6.45) is 9.71. The smallest absolute Gasteiger partial charge is 0.124 e. The molecule has 8 N–H and O–H groups in total. The van der Waals surface area contributed by atoms with Gasteiger partial charge in [-0.15, -0.1) is 0 Å². The first kappa shape index (κ1) is 17.8. The van der Waals surface area contributed by atoms with E-state index in [-0.39, 0.29) is 11.6 Å². The Morgan fingerprint density at radius 2 is 1.92 bits per heavy atom. The van der Waals surface area contributed by atoms with Crippen LogP contribution >= 0.6 is 0 Å². The molecule has 6 nitrogen and oxygen atoms in total. The van der Waals surface area contributed by atoms with Crippen LogP contribution in [0.25, 0.3) is 5.70 Å². The van der Waals surface area contributed by atoms with E-state index in [9.17, 15) is 5.11 Å². The van der Waals surface area contributed by atoms with E-state index in [4.69, 9.17) is 16.9 Å². The van der Waals surface area contributed by atoms with E-state index >= 15 is 0 Å². The Bertz CT molecular complexity index is 813. The molecule has 1 aromatic rings. The minimum absolute atomic E-state index is 0.0814. The Morgan fingerprint density at radius 1 is 1.19 bits per heavy atom. The van der Waals surface area contributed by atoms with Gasteiger partial charge in [-0.05, 0) is 56.3 Å². The molecule has 0 bridgehead atoms. The molecular weight excluding hydrogens is 326 g/mol. The van der Waals surface area contributed by atoms with E-state index in [2.05, 4.69) is 16.7 Å². The maximum atomic E-state index is 9.99. The number of nitrogens with one attached hydrogen (secondary N) is 3. The number of aromatic hydroxyl groups is 1. The van der Waals surface area contributed by atoms with Crippen LogP contribution in [-0.4, -0.2) is 24.0 Å². The molecule has 1 fully saturated rings. The van der Waals surface area contributed by atoms with E-state index < -0.39 is 0 Å². The molecule has 1 aromatic carbocycles. The van der Waals surface area contributed by atoms with Gasteiger partial charge in [0.2, 0.25) is 0 Å². The number of phenols is 1. The Balaban J connectivity index is 1.91. The maximum Gasteiger partial charge on any atom is 0.124 e. The maximum absolute atomic E-state index is 9.99. The number of piperidine rings is 1. The second-order valence-corrected chi connectivity index (χ2v) is 6.49. The first-order valence-corrected chi connectivity index (χ1v) is 8.76. The Hall–Kier alpha value is -2.99. The lowest BCUT2D eigenvalue weighted by Gasteiger charge is -2.28. The van der Waals surface area contributed by atoms with Crippen LogP contribution in [0.1, 0.15) is 18.4 Å². The second-order valence-electron chi connectivity index (χ2n) is 6.49. The van der Waals surface area contributed by atoms with Gasteiger partial charge >= 0.3 is 0 Å². The number of para-hydroxylation sites is 1. The molecule has 0 atom stereocenters. The van der Waals surface area contributed by atoms with Crippen LogP contribution in [0.5, 0.6) is 5.75 Å². The van der Waals surface area contributed by atoms with Gasteiger partial charge in [0.15, 0.2) is 0 Å². The molecule has 2 heterocycles. The molecule has 0 radical (unpaired) electrons. The van der Waals surface area contributed by atoms with E-state index in [1.165, 1.54) is 0 Å². The van der Waals surface area contributed by atoms with Gasteiger partial charge in [-0.3, -0.25) is 5.41 Å². The topological polar surface area (TPSA) is 120 Å². The highest BCUT2D eigenvalue weighted by molar-refractivity contribution is 6.00. The van der Waals surface area contributed by atoms with E-state index in [1.54, 1.807) is 30.3 Å². The van der Waals surface area contributed by atoms with Crippen LogP contribution in [0.3, 0.4) is 0 Å². The minimum Gasteiger partial charge on any atom is -0.507 e. The number of amidine groups is 1. The highest BCUT2D eigenvalue weighted by Gasteiger charge is 2.20. The fourth-order valence-electron chi connectivity index (χ4n) is 3.27. The summed E-state index contributed by atoms with van der Waals surface area (Å²) in [5.74, 6) is 0.475. The van der Waals surface area contributed by atoms with Crippen molar-refractivity contribution in [3.05, 3.63) is 71.1 Å². The van der Waals surface area contributed by atoms with Crippen LogP contribution in [-0.2, 0) is 0 Å². The average molecular weight is 351 g/mol. The third-order valence-electron chi connectivity index (χ3n) is 4.69. The molecule has 0 saturated carbocycles.